The Kier molecular flexibility index (Phi) is 4.28. The van der Waals surface area contributed by atoms with Gasteiger partial charge in [-0.25, -0.2) is 4.98 Å². The van der Waals surface area contributed by atoms with E-state index in [0.717, 1.165) is 6.42 Å². The highest BCUT2D eigenvalue weighted by molar-refractivity contribution is 5.59. The molecule has 0 unspecified atom stereocenters. The Morgan fingerprint density at radius 2 is 2.44 bits per heavy atom. The normalized spacial score (nSPS) is 9.50. The summed E-state index contributed by atoms with van der Waals surface area (Å²) >= 11 is 0. The second kappa shape index (κ2) is 5.71. The Bertz CT molecular complexity index is 424. The standard InChI is InChI=1S/C11H13N3O2/c1-3-4-5-7-12-11-10(14(15)16)9(2)6-8-13-11/h1,6,8H,4-5,7H2,2H3,(H,12,13). The molecule has 1 rings (SSSR count). The average Bonchev–Trinajstić information content (AvgIpc) is 2.24. The van der Waals surface area contributed by atoms with E-state index in [1.165, 1.54) is 0 Å². The highest BCUT2D eigenvalue weighted by Crippen LogP contribution is 2.25. The molecule has 0 saturated carbocycles. The summed E-state index contributed by atoms with van der Waals surface area (Å²) in [5.74, 6) is 2.82. The zero-order valence-electron chi connectivity index (χ0n) is 9.06. The van der Waals surface area contributed by atoms with Crippen LogP contribution in [0.1, 0.15) is 18.4 Å². The first-order chi connectivity index (χ1) is 7.66. The summed E-state index contributed by atoms with van der Waals surface area (Å²) in [6.07, 6.45) is 8.07. The van der Waals surface area contributed by atoms with E-state index in [4.69, 9.17) is 6.42 Å². The second-order valence-corrected chi connectivity index (χ2v) is 3.32. The number of unbranched alkanes of at least 4 members (excludes halogenated alkanes) is 1. The van der Waals surface area contributed by atoms with Gasteiger partial charge in [-0.1, -0.05) is 0 Å². The van der Waals surface area contributed by atoms with Gasteiger partial charge in [0, 0.05) is 24.7 Å². The predicted molar refractivity (Wildman–Crippen MR) is 62.2 cm³/mol. The van der Waals surface area contributed by atoms with Gasteiger partial charge in [0.05, 0.1) is 4.92 Å². The average molecular weight is 219 g/mol. The van der Waals surface area contributed by atoms with Crippen LogP contribution in [0.4, 0.5) is 11.5 Å². The van der Waals surface area contributed by atoms with Crippen LogP contribution in [0.15, 0.2) is 12.3 Å². The van der Waals surface area contributed by atoms with Crippen molar-refractivity contribution < 1.29 is 4.92 Å². The fourth-order valence-electron chi connectivity index (χ4n) is 1.31. The van der Waals surface area contributed by atoms with Crippen LogP contribution in [0.5, 0.6) is 0 Å². The number of aryl methyl sites for hydroxylation is 1. The molecule has 16 heavy (non-hydrogen) atoms. The van der Waals surface area contributed by atoms with Crippen LogP contribution in [-0.4, -0.2) is 16.5 Å². The SMILES string of the molecule is C#CCCCNc1nccc(C)c1[N+](=O)[O-]. The van der Waals surface area contributed by atoms with Gasteiger partial charge in [0.2, 0.25) is 5.82 Å². The lowest BCUT2D eigenvalue weighted by Crippen LogP contribution is -2.06. The van der Waals surface area contributed by atoms with Gasteiger partial charge < -0.3 is 5.32 Å². The quantitative estimate of drug-likeness (QED) is 0.356. The van der Waals surface area contributed by atoms with Crippen LogP contribution in [-0.2, 0) is 0 Å². The van der Waals surface area contributed by atoms with E-state index in [9.17, 15) is 10.1 Å². The van der Waals surface area contributed by atoms with E-state index in [0.29, 0.717) is 24.3 Å². The molecule has 0 spiro atoms. The summed E-state index contributed by atoms with van der Waals surface area (Å²) < 4.78 is 0. The molecule has 1 aromatic heterocycles. The van der Waals surface area contributed by atoms with E-state index in [1.54, 1.807) is 19.2 Å². The minimum atomic E-state index is -0.425. The highest BCUT2D eigenvalue weighted by atomic mass is 16.6. The molecule has 0 radical (unpaired) electrons. The largest absolute Gasteiger partial charge is 0.364 e. The summed E-state index contributed by atoms with van der Waals surface area (Å²) in [6, 6.07) is 1.62. The Morgan fingerprint density at radius 3 is 3.06 bits per heavy atom. The number of rotatable bonds is 5. The Morgan fingerprint density at radius 1 is 1.69 bits per heavy atom. The molecule has 0 aliphatic rings. The zero-order valence-corrected chi connectivity index (χ0v) is 9.06. The zero-order chi connectivity index (χ0) is 12.0. The minimum absolute atomic E-state index is 0.0307. The van der Waals surface area contributed by atoms with Crippen molar-refractivity contribution in [2.45, 2.75) is 19.8 Å². The minimum Gasteiger partial charge on any atom is -0.364 e. The topological polar surface area (TPSA) is 68.1 Å². The number of nitrogens with one attached hydrogen (secondary N) is 1. The number of nitro groups is 1. The smallest absolute Gasteiger partial charge is 0.314 e. The lowest BCUT2D eigenvalue weighted by atomic mass is 10.2. The molecular formula is C11H13N3O2. The third-order valence-electron chi connectivity index (χ3n) is 2.10. The number of terminal acetylenes is 1. The van der Waals surface area contributed by atoms with Gasteiger partial charge in [-0.3, -0.25) is 10.1 Å². The molecule has 0 bridgehead atoms. The third-order valence-corrected chi connectivity index (χ3v) is 2.10. The second-order valence-electron chi connectivity index (χ2n) is 3.32. The molecule has 0 aromatic carbocycles. The van der Waals surface area contributed by atoms with Gasteiger partial charge in [-0.2, -0.15) is 0 Å². The Hall–Kier alpha value is -2.09. The summed E-state index contributed by atoms with van der Waals surface area (Å²) in [4.78, 5) is 14.4. The number of pyridine rings is 1. The number of nitrogens with zero attached hydrogens (tertiary/aromatic N) is 2. The molecule has 0 aliphatic heterocycles. The molecular weight excluding hydrogens is 206 g/mol. The summed E-state index contributed by atoms with van der Waals surface area (Å²) in [5.41, 5.74) is 0.627. The van der Waals surface area contributed by atoms with E-state index in [2.05, 4.69) is 16.2 Å². The van der Waals surface area contributed by atoms with Gasteiger partial charge in [-0.05, 0) is 19.4 Å². The van der Waals surface area contributed by atoms with E-state index < -0.39 is 4.92 Å². The summed E-state index contributed by atoms with van der Waals surface area (Å²) in [5, 5.41) is 13.7. The maximum absolute atomic E-state index is 10.8. The monoisotopic (exact) mass is 219 g/mol. The van der Waals surface area contributed by atoms with Crippen molar-refractivity contribution in [2.75, 3.05) is 11.9 Å². The van der Waals surface area contributed by atoms with E-state index in [-0.39, 0.29) is 5.69 Å². The number of aromatic nitrogens is 1. The van der Waals surface area contributed by atoms with Gasteiger partial charge >= 0.3 is 5.69 Å². The summed E-state index contributed by atoms with van der Waals surface area (Å²) in [6.45, 7) is 2.27. The van der Waals surface area contributed by atoms with Crippen molar-refractivity contribution >= 4 is 11.5 Å². The molecule has 5 heteroatoms. The molecule has 0 aliphatic carbocycles. The maximum Gasteiger partial charge on any atom is 0.314 e. The molecule has 1 heterocycles. The van der Waals surface area contributed by atoms with Gasteiger partial charge in [0.1, 0.15) is 0 Å². The first kappa shape index (κ1) is 12.0. The highest BCUT2D eigenvalue weighted by Gasteiger charge is 2.17. The fourth-order valence-corrected chi connectivity index (χ4v) is 1.31. The van der Waals surface area contributed by atoms with Crippen molar-refractivity contribution in [1.82, 2.24) is 4.98 Å². The van der Waals surface area contributed by atoms with E-state index in [1.807, 2.05) is 0 Å². The Balaban J connectivity index is 2.76. The molecule has 0 amide bonds. The molecule has 0 fully saturated rings. The first-order valence-corrected chi connectivity index (χ1v) is 4.94. The van der Waals surface area contributed by atoms with Crippen LogP contribution < -0.4 is 5.32 Å². The van der Waals surface area contributed by atoms with Crippen LogP contribution in [0.3, 0.4) is 0 Å². The lowest BCUT2D eigenvalue weighted by molar-refractivity contribution is -0.384. The molecule has 1 aromatic rings. The lowest BCUT2D eigenvalue weighted by Gasteiger charge is -2.06. The molecule has 1 N–H and O–H groups in total. The molecule has 0 atom stereocenters. The van der Waals surface area contributed by atoms with Crippen LogP contribution in [0.2, 0.25) is 0 Å². The number of hydrogen-bond donors (Lipinski definition) is 1. The fraction of sp³-hybridized carbons (Fsp3) is 0.364. The molecule has 0 saturated heterocycles. The molecule has 84 valence electrons. The van der Waals surface area contributed by atoms with Crippen LogP contribution in [0, 0.1) is 29.4 Å². The van der Waals surface area contributed by atoms with Crippen LogP contribution in [0.25, 0.3) is 0 Å². The van der Waals surface area contributed by atoms with Gasteiger partial charge in [0.15, 0.2) is 0 Å². The molecule has 5 nitrogen and oxygen atoms in total. The van der Waals surface area contributed by atoms with Crippen molar-refractivity contribution in [2.24, 2.45) is 0 Å². The number of anilines is 1. The predicted octanol–water partition coefficient (Wildman–Crippen LogP) is 2.12. The van der Waals surface area contributed by atoms with Crippen LogP contribution >= 0.6 is 0 Å². The van der Waals surface area contributed by atoms with E-state index >= 15 is 0 Å². The van der Waals surface area contributed by atoms with Gasteiger partial charge in [0.25, 0.3) is 0 Å². The van der Waals surface area contributed by atoms with Crippen molar-refractivity contribution in [3.05, 3.63) is 27.9 Å². The van der Waals surface area contributed by atoms with Crippen molar-refractivity contribution in [3.63, 3.8) is 0 Å². The van der Waals surface area contributed by atoms with Gasteiger partial charge in [-0.15, -0.1) is 12.3 Å². The third kappa shape index (κ3) is 2.95. The van der Waals surface area contributed by atoms with Crippen molar-refractivity contribution in [1.29, 1.82) is 0 Å². The number of hydrogen-bond acceptors (Lipinski definition) is 4. The summed E-state index contributed by atoms with van der Waals surface area (Å²) in [7, 11) is 0. The Labute approximate surface area is 94.0 Å². The first-order valence-electron chi connectivity index (χ1n) is 4.94. The maximum atomic E-state index is 10.8. The van der Waals surface area contributed by atoms with Crippen molar-refractivity contribution in [3.8, 4) is 12.3 Å².